The van der Waals surface area contributed by atoms with E-state index in [1.165, 1.54) is 19.1 Å². The smallest absolute Gasteiger partial charge is 0.370 e. The Labute approximate surface area is 107 Å². The molecule has 4 nitrogen and oxygen atoms in total. The standard InChI is InChI=1S/C12H13F3N2O2/c1-7(5-10(16)18)11(19)17-9-4-2-3-8(6-9)12(13,14)15/h2-4,6-7H,5H2,1H3,(H2,16,18)(H,17,19). The molecule has 104 valence electrons. The number of primary amides is 1. The topological polar surface area (TPSA) is 72.2 Å². The summed E-state index contributed by atoms with van der Waals surface area (Å²) in [6.07, 6.45) is -4.63. The van der Waals surface area contributed by atoms with Crippen LogP contribution in [0, 0.1) is 5.92 Å². The molecule has 0 spiro atoms. The number of alkyl halides is 3. The first kappa shape index (κ1) is 15.0. The lowest BCUT2D eigenvalue weighted by molar-refractivity contribution is -0.137. The quantitative estimate of drug-likeness (QED) is 0.883. The van der Waals surface area contributed by atoms with Crippen LogP contribution >= 0.6 is 0 Å². The van der Waals surface area contributed by atoms with Crippen molar-refractivity contribution in [1.29, 1.82) is 0 Å². The van der Waals surface area contributed by atoms with Crippen molar-refractivity contribution in [3.05, 3.63) is 29.8 Å². The highest BCUT2D eigenvalue weighted by Gasteiger charge is 2.30. The monoisotopic (exact) mass is 274 g/mol. The summed E-state index contributed by atoms with van der Waals surface area (Å²) in [6.45, 7) is 1.47. The minimum absolute atomic E-state index is 0.0242. The largest absolute Gasteiger partial charge is 0.416 e. The number of halogens is 3. The Morgan fingerprint density at radius 2 is 2.00 bits per heavy atom. The molecule has 19 heavy (non-hydrogen) atoms. The Morgan fingerprint density at radius 3 is 2.53 bits per heavy atom. The summed E-state index contributed by atoms with van der Waals surface area (Å²) in [5.41, 5.74) is 4.11. The van der Waals surface area contributed by atoms with Crippen molar-refractivity contribution in [2.24, 2.45) is 11.7 Å². The lowest BCUT2D eigenvalue weighted by atomic mass is 10.1. The highest BCUT2D eigenvalue weighted by Crippen LogP contribution is 2.30. The number of benzene rings is 1. The van der Waals surface area contributed by atoms with Crippen LogP contribution in [-0.2, 0) is 15.8 Å². The second kappa shape index (κ2) is 5.73. The molecular formula is C12H13F3N2O2. The van der Waals surface area contributed by atoms with Gasteiger partial charge in [-0.1, -0.05) is 13.0 Å². The molecule has 0 bridgehead atoms. The lowest BCUT2D eigenvalue weighted by Gasteiger charge is -2.12. The van der Waals surface area contributed by atoms with E-state index in [1.54, 1.807) is 0 Å². The number of carbonyl (C=O) groups excluding carboxylic acids is 2. The second-order valence-electron chi connectivity index (χ2n) is 4.14. The minimum Gasteiger partial charge on any atom is -0.370 e. The molecule has 1 atom stereocenters. The molecule has 0 saturated heterocycles. The van der Waals surface area contributed by atoms with Gasteiger partial charge < -0.3 is 11.1 Å². The van der Waals surface area contributed by atoms with Crippen LogP contribution < -0.4 is 11.1 Å². The van der Waals surface area contributed by atoms with Crippen molar-refractivity contribution in [3.63, 3.8) is 0 Å². The maximum atomic E-state index is 12.5. The summed E-state index contributed by atoms with van der Waals surface area (Å²) in [7, 11) is 0. The van der Waals surface area contributed by atoms with Gasteiger partial charge >= 0.3 is 6.18 Å². The number of hydrogen-bond donors (Lipinski definition) is 2. The van der Waals surface area contributed by atoms with E-state index >= 15 is 0 Å². The maximum absolute atomic E-state index is 12.5. The third-order valence-electron chi connectivity index (χ3n) is 2.41. The zero-order valence-corrected chi connectivity index (χ0v) is 10.1. The fourth-order valence-electron chi connectivity index (χ4n) is 1.43. The molecule has 1 aromatic carbocycles. The summed E-state index contributed by atoms with van der Waals surface area (Å²) < 4.78 is 37.4. The van der Waals surface area contributed by atoms with Crippen molar-refractivity contribution in [2.45, 2.75) is 19.5 Å². The summed E-state index contributed by atoms with van der Waals surface area (Å²) in [4.78, 5) is 22.3. The number of hydrogen-bond acceptors (Lipinski definition) is 2. The zero-order valence-electron chi connectivity index (χ0n) is 10.1. The van der Waals surface area contributed by atoms with Crippen LogP contribution in [0.1, 0.15) is 18.9 Å². The number of anilines is 1. The minimum atomic E-state index is -4.47. The van der Waals surface area contributed by atoms with Crippen LogP contribution in [0.3, 0.4) is 0 Å². The molecule has 3 N–H and O–H groups in total. The van der Waals surface area contributed by atoms with Gasteiger partial charge in [0.15, 0.2) is 0 Å². The molecule has 0 aliphatic heterocycles. The van der Waals surface area contributed by atoms with E-state index in [-0.39, 0.29) is 12.1 Å². The summed E-state index contributed by atoms with van der Waals surface area (Å²) in [6, 6.07) is 4.26. The maximum Gasteiger partial charge on any atom is 0.416 e. The Balaban J connectivity index is 2.77. The van der Waals surface area contributed by atoms with Crippen molar-refractivity contribution < 1.29 is 22.8 Å². The van der Waals surface area contributed by atoms with E-state index in [1.807, 2.05) is 0 Å². The number of nitrogens with one attached hydrogen (secondary N) is 1. The normalized spacial score (nSPS) is 12.8. The molecule has 0 saturated carbocycles. The highest BCUT2D eigenvalue weighted by atomic mass is 19.4. The van der Waals surface area contributed by atoms with Crippen molar-refractivity contribution in [2.75, 3.05) is 5.32 Å². The fourth-order valence-corrected chi connectivity index (χ4v) is 1.43. The Kier molecular flexibility index (Phi) is 4.52. The first-order valence-corrected chi connectivity index (χ1v) is 5.46. The van der Waals surface area contributed by atoms with Gasteiger partial charge in [0.25, 0.3) is 0 Å². The van der Waals surface area contributed by atoms with E-state index in [2.05, 4.69) is 5.32 Å². The molecule has 0 aromatic heterocycles. The summed E-state index contributed by atoms with van der Waals surface area (Å²) in [5.74, 6) is -1.91. The Morgan fingerprint density at radius 1 is 1.37 bits per heavy atom. The molecule has 0 aliphatic rings. The molecule has 0 aliphatic carbocycles. The molecule has 0 heterocycles. The molecular weight excluding hydrogens is 261 g/mol. The van der Waals surface area contributed by atoms with Gasteiger partial charge in [0.1, 0.15) is 0 Å². The van der Waals surface area contributed by atoms with Gasteiger partial charge in [-0.3, -0.25) is 9.59 Å². The predicted octanol–water partition coefficient (Wildman–Crippen LogP) is 2.16. The van der Waals surface area contributed by atoms with Gasteiger partial charge in [-0.2, -0.15) is 13.2 Å². The van der Waals surface area contributed by atoms with E-state index in [9.17, 15) is 22.8 Å². The Bertz CT molecular complexity index is 486. The number of carbonyl (C=O) groups is 2. The number of nitrogens with two attached hydrogens (primary N) is 1. The van der Waals surface area contributed by atoms with E-state index in [0.717, 1.165) is 12.1 Å². The Hall–Kier alpha value is -2.05. The lowest BCUT2D eigenvalue weighted by Crippen LogP contribution is -2.25. The van der Waals surface area contributed by atoms with Crippen LogP contribution in [0.15, 0.2) is 24.3 Å². The molecule has 7 heteroatoms. The van der Waals surface area contributed by atoms with Crippen molar-refractivity contribution in [1.82, 2.24) is 0 Å². The molecule has 0 radical (unpaired) electrons. The molecule has 1 unspecified atom stereocenters. The highest BCUT2D eigenvalue weighted by molar-refractivity contribution is 5.94. The van der Waals surface area contributed by atoms with Gasteiger partial charge in [-0.15, -0.1) is 0 Å². The van der Waals surface area contributed by atoms with Crippen LogP contribution in [0.4, 0.5) is 18.9 Å². The third-order valence-corrected chi connectivity index (χ3v) is 2.41. The van der Waals surface area contributed by atoms with Crippen LogP contribution in [0.5, 0.6) is 0 Å². The van der Waals surface area contributed by atoms with Gasteiger partial charge in [0, 0.05) is 18.0 Å². The van der Waals surface area contributed by atoms with Crippen molar-refractivity contribution >= 4 is 17.5 Å². The van der Waals surface area contributed by atoms with Gasteiger partial charge in [-0.25, -0.2) is 0 Å². The third kappa shape index (κ3) is 4.61. The average molecular weight is 274 g/mol. The first-order chi connectivity index (χ1) is 8.70. The van der Waals surface area contributed by atoms with E-state index in [0.29, 0.717) is 0 Å². The molecule has 2 amide bonds. The van der Waals surface area contributed by atoms with E-state index < -0.39 is 29.5 Å². The van der Waals surface area contributed by atoms with Gasteiger partial charge in [0.2, 0.25) is 11.8 Å². The molecule has 1 aromatic rings. The zero-order chi connectivity index (χ0) is 14.6. The van der Waals surface area contributed by atoms with Crippen LogP contribution in [0.25, 0.3) is 0 Å². The predicted molar refractivity (Wildman–Crippen MR) is 63.0 cm³/mol. The van der Waals surface area contributed by atoms with Crippen LogP contribution in [0.2, 0.25) is 0 Å². The SMILES string of the molecule is CC(CC(N)=O)C(=O)Nc1cccc(C(F)(F)F)c1. The average Bonchev–Trinajstić information content (AvgIpc) is 2.27. The van der Waals surface area contributed by atoms with E-state index in [4.69, 9.17) is 5.73 Å². The summed E-state index contributed by atoms with van der Waals surface area (Å²) in [5, 5.41) is 2.31. The van der Waals surface area contributed by atoms with Gasteiger partial charge in [0.05, 0.1) is 5.56 Å². The van der Waals surface area contributed by atoms with Crippen molar-refractivity contribution in [3.8, 4) is 0 Å². The first-order valence-electron chi connectivity index (χ1n) is 5.46. The fraction of sp³-hybridized carbons (Fsp3) is 0.333. The second-order valence-corrected chi connectivity index (χ2v) is 4.14. The summed E-state index contributed by atoms with van der Waals surface area (Å²) >= 11 is 0. The number of rotatable bonds is 4. The molecule has 1 rings (SSSR count). The van der Waals surface area contributed by atoms with Crippen LogP contribution in [-0.4, -0.2) is 11.8 Å². The van der Waals surface area contributed by atoms with Gasteiger partial charge in [-0.05, 0) is 18.2 Å². The molecule has 0 fully saturated rings. The number of amides is 2.